The first kappa shape index (κ1) is 40.9. The molecule has 3 heterocycles. The molecule has 2 unspecified atom stereocenters. The molecule has 4 N–H and O–H groups in total. The van der Waals surface area contributed by atoms with Crippen LogP contribution in [0.1, 0.15) is 97.5 Å². The molecule has 1 aromatic carbocycles. The molecule has 3 aromatic rings. The molecule has 14 nitrogen and oxygen atoms in total. The number of likely N-dealkylation sites (tertiary alicyclic amines) is 1. The molecule has 0 spiro atoms. The van der Waals surface area contributed by atoms with Gasteiger partial charge in [-0.3, -0.25) is 24.0 Å². The number of hydrogen-bond acceptors (Lipinski definition) is 10. The van der Waals surface area contributed by atoms with Gasteiger partial charge < -0.3 is 35.3 Å². The van der Waals surface area contributed by atoms with Gasteiger partial charge in [0, 0.05) is 24.7 Å². The predicted octanol–water partition coefficient (Wildman–Crippen LogP) is 5.26. The van der Waals surface area contributed by atoms with Crippen LogP contribution in [0.15, 0.2) is 40.9 Å². The van der Waals surface area contributed by atoms with Crippen LogP contribution in [0.2, 0.25) is 5.02 Å². The Balaban J connectivity index is 1.25. The largest absolute Gasteiger partial charge is 0.472 e. The van der Waals surface area contributed by atoms with Gasteiger partial charge in [-0.1, -0.05) is 71.0 Å². The molecule has 3 aliphatic rings. The van der Waals surface area contributed by atoms with Crippen molar-refractivity contribution in [3.63, 3.8) is 0 Å². The number of aromatic nitrogens is 2. The Labute approximate surface area is 332 Å². The molecular weight excluding hydrogens is 738 g/mol. The lowest BCUT2D eigenvalue weighted by Crippen LogP contribution is -2.61. The van der Waals surface area contributed by atoms with Crippen molar-refractivity contribution in [3.8, 4) is 5.88 Å². The van der Waals surface area contributed by atoms with Gasteiger partial charge in [0.05, 0.1) is 17.6 Å². The number of pyridine rings is 1. The fourth-order valence-corrected chi connectivity index (χ4v) is 7.70. The van der Waals surface area contributed by atoms with E-state index in [0.29, 0.717) is 22.5 Å². The normalized spacial score (nSPS) is 20.5. The Morgan fingerprint density at radius 1 is 1.02 bits per heavy atom. The number of aryl methyl sites for hydroxylation is 1. The van der Waals surface area contributed by atoms with Gasteiger partial charge >= 0.3 is 0 Å². The summed E-state index contributed by atoms with van der Waals surface area (Å²) in [6, 6.07) is 5.18. The zero-order chi connectivity index (χ0) is 40.1. The summed E-state index contributed by atoms with van der Waals surface area (Å²) in [5.41, 5.74) is 1.51. The van der Waals surface area contributed by atoms with Crippen LogP contribution in [0, 0.1) is 18.3 Å². The molecule has 6 rings (SSSR count). The highest BCUT2D eigenvalue weighted by molar-refractivity contribution is 6.38. The van der Waals surface area contributed by atoms with Crippen LogP contribution in [0.3, 0.4) is 0 Å². The van der Waals surface area contributed by atoms with E-state index in [9.17, 15) is 24.0 Å². The van der Waals surface area contributed by atoms with Gasteiger partial charge in [0.25, 0.3) is 11.9 Å². The molecule has 0 bridgehead atoms. The van der Waals surface area contributed by atoms with Crippen molar-refractivity contribution in [3.05, 3.63) is 47.1 Å². The van der Waals surface area contributed by atoms with Crippen molar-refractivity contribution in [1.29, 1.82) is 0 Å². The number of rotatable bonds is 15. The van der Waals surface area contributed by atoms with E-state index in [4.69, 9.17) is 20.8 Å². The smallest absolute Gasteiger partial charge is 0.296 e. The van der Waals surface area contributed by atoms with E-state index in [1.54, 1.807) is 12.1 Å². The van der Waals surface area contributed by atoms with E-state index < -0.39 is 59.2 Å². The molecule has 2 aliphatic carbocycles. The van der Waals surface area contributed by atoms with Gasteiger partial charge in [-0.15, -0.1) is 0 Å². The van der Waals surface area contributed by atoms with Crippen LogP contribution >= 0.6 is 11.6 Å². The minimum atomic E-state index is -1.07. The summed E-state index contributed by atoms with van der Waals surface area (Å²) in [4.78, 5) is 79.7. The molecule has 3 fully saturated rings. The number of nitrogens with one attached hydrogen (secondary N) is 4. The van der Waals surface area contributed by atoms with Gasteiger partial charge in [0.15, 0.2) is 5.58 Å². The Morgan fingerprint density at radius 3 is 2.43 bits per heavy atom. The Morgan fingerprint density at radius 2 is 1.77 bits per heavy atom. The molecule has 56 heavy (non-hydrogen) atoms. The second-order valence-corrected chi connectivity index (χ2v) is 17.0. The number of benzene rings is 1. The zero-order valence-electron chi connectivity index (χ0n) is 32.9. The highest BCUT2D eigenvalue weighted by atomic mass is 35.5. The van der Waals surface area contributed by atoms with Crippen molar-refractivity contribution in [1.82, 2.24) is 30.8 Å². The fraction of sp³-hybridized carbons (Fsp3) is 0.585. The summed E-state index contributed by atoms with van der Waals surface area (Å²) in [5, 5.41) is 12.3. The first-order chi connectivity index (χ1) is 26.7. The number of carbonyl (C=O) groups is 5. The van der Waals surface area contributed by atoms with E-state index in [1.807, 2.05) is 52.8 Å². The van der Waals surface area contributed by atoms with Gasteiger partial charge in [-0.05, 0) is 74.1 Å². The summed E-state index contributed by atoms with van der Waals surface area (Å²) in [6.07, 6.45) is 7.94. The SMILES string of the molecule is CCC[C@@H](NC(=O)[C@H]1C[C@@H](Oc2ccc(Cl)cn2)CN1C(=O)C(NC(=O)C(Nc1nc2cc(C)ccc2o1)C1CCCCC1)C(C)(C)C)C(=O)C(=O)NC1CC1. The Hall–Kier alpha value is -4.72. The third-order valence-corrected chi connectivity index (χ3v) is 11.0. The van der Waals surface area contributed by atoms with Gasteiger partial charge in [-0.25, -0.2) is 4.98 Å². The van der Waals surface area contributed by atoms with E-state index in [-0.39, 0.29) is 49.1 Å². The van der Waals surface area contributed by atoms with Gasteiger partial charge in [0.1, 0.15) is 29.7 Å². The maximum absolute atomic E-state index is 14.8. The minimum absolute atomic E-state index is 0.00482. The lowest BCUT2D eigenvalue weighted by atomic mass is 9.82. The Kier molecular flexibility index (Phi) is 12.9. The van der Waals surface area contributed by atoms with E-state index >= 15 is 0 Å². The van der Waals surface area contributed by atoms with Crippen molar-refractivity contribution in [2.75, 3.05) is 11.9 Å². The lowest BCUT2D eigenvalue weighted by Gasteiger charge is -2.37. The summed E-state index contributed by atoms with van der Waals surface area (Å²) < 4.78 is 12.2. The molecule has 4 amide bonds. The minimum Gasteiger partial charge on any atom is -0.472 e. The molecule has 2 saturated carbocycles. The second-order valence-electron chi connectivity index (χ2n) is 16.6. The van der Waals surface area contributed by atoms with Crippen molar-refractivity contribution < 1.29 is 33.1 Å². The van der Waals surface area contributed by atoms with Crippen LogP contribution in [0.25, 0.3) is 11.1 Å². The first-order valence-corrected chi connectivity index (χ1v) is 20.3. The average molecular weight is 792 g/mol. The quantitative estimate of drug-likeness (QED) is 0.148. The molecule has 0 radical (unpaired) electrons. The zero-order valence-corrected chi connectivity index (χ0v) is 33.6. The topological polar surface area (TPSA) is 185 Å². The highest BCUT2D eigenvalue weighted by Crippen LogP contribution is 2.32. The van der Waals surface area contributed by atoms with Crippen LogP contribution in [-0.2, 0) is 24.0 Å². The average Bonchev–Trinajstić information content (AvgIpc) is 3.73. The van der Waals surface area contributed by atoms with Crippen molar-refractivity contribution in [2.24, 2.45) is 11.3 Å². The van der Waals surface area contributed by atoms with Gasteiger partial charge in [0.2, 0.25) is 29.4 Å². The van der Waals surface area contributed by atoms with E-state index in [0.717, 1.165) is 50.5 Å². The van der Waals surface area contributed by atoms with E-state index in [2.05, 4.69) is 31.2 Å². The number of ketones is 1. The number of hydrogen-bond donors (Lipinski definition) is 4. The summed E-state index contributed by atoms with van der Waals surface area (Å²) in [6.45, 7) is 9.40. The van der Waals surface area contributed by atoms with Crippen molar-refractivity contribution >= 4 is 58.1 Å². The number of halogens is 1. The summed E-state index contributed by atoms with van der Waals surface area (Å²) >= 11 is 6.04. The fourth-order valence-electron chi connectivity index (χ4n) is 7.59. The number of fused-ring (bicyclic) bond motifs is 1. The monoisotopic (exact) mass is 791 g/mol. The summed E-state index contributed by atoms with van der Waals surface area (Å²) in [7, 11) is 0. The summed E-state index contributed by atoms with van der Waals surface area (Å²) in [5.74, 6) is -2.67. The Bertz CT molecular complexity index is 1900. The molecule has 5 atom stereocenters. The predicted molar refractivity (Wildman–Crippen MR) is 211 cm³/mol. The third-order valence-electron chi connectivity index (χ3n) is 10.8. The lowest BCUT2D eigenvalue weighted by molar-refractivity contribution is -0.145. The van der Waals surface area contributed by atoms with Crippen LogP contribution in [-0.4, -0.2) is 87.1 Å². The number of nitrogens with zero attached hydrogens (tertiary/aromatic N) is 3. The molecule has 2 aromatic heterocycles. The maximum Gasteiger partial charge on any atom is 0.296 e. The van der Waals surface area contributed by atoms with E-state index in [1.165, 1.54) is 11.1 Å². The molecule has 1 saturated heterocycles. The number of ether oxygens (including phenoxy) is 1. The molecular formula is C41H54ClN7O7. The molecule has 1 aliphatic heterocycles. The standard InChI is InChI=1S/C41H54ClN7O7/c1-6-10-28(34(50)38(53)44-26-15-16-26)45-36(51)30-20-27(55-32-18-14-25(42)21-43-32)22-49(30)39(54)35(41(3,4)5)48-37(52)33(24-11-8-7-9-12-24)47-40-46-29-19-23(2)13-17-31(29)56-40/h13-14,17-19,21,24,26-28,30,33,35H,6-12,15-16,20,22H2,1-5H3,(H,44,53)(H,45,51)(H,46,47)(H,48,52)/t27-,28-,30-,33?,35?/m1/s1. The number of amides is 4. The molecule has 302 valence electrons. The maximum atomic E-state index is 14.8. The first-order valence-electron chi connectivity index (χ1n) is 19.9. The van der Waals surface area contributed by atoms with Gasteiger partial charge in [-0.2, -0.15) is 4.98 Å². The number of Topliss-reactive ketones (excluding diaryl/α,β-unsaturated/α-hetero) is 1. The third kappa shape index (κ3) is 10.2. The van der Waals surface area contributed by atoms with Crippen molar-refractivity contribution in [2.45, 2.75) is 135 Å². The highest BCUT2D eigenvalue weighted by Gasteiger charge is 2.47. The van der Waals surface area contributed by atoms with Crippen LogP contribution in [0.5, 0.6) is 5.88 Å². The number of carbonyl (C=O) groups excluding carboxylic acids is 5. The van der Waals surface area contributed by atoms with Crippen LogP contribution < -0.4 is 26.0 Å². The van der Waals surface area contributed by atoms with Crippen LogP contribution in [0.4, 0.5) is 6.01 Å². The molecule has 15 heteroatoms. The second kappa shape index (κ2) is 17.6. The number of anilines is 1. The number of oxazole rings is 1.